The van der Waals surface area contributed by atoms with E-state index in [2.05, 4.69) is 17.6 Å². The summed E-state index contributed by atoms with van der Waals surface area (Å²) in [5, 5.41) is 6.84. The summed E-state index contributed by atoms with van der Waals surface area (Å²) in [5.41, 5.74) is 0.724. The molecule has 1 aliphatic carbocycles. The van der Waals surface area contributed by atoms with Gasteiger partial charge in [0.05, 0.1) is 0 Å². The summed E-state index contributed by atoms with van der Waals surface area (Å²) in [7, 11) is 0. The van der Waals surface area contributed by atoms with Crippen LogP contribution in [-0.2, 0) is 11.3 Å². The predicted molar refractivity (Wildman–Crippen MR) is 81.4 cm³/mol. The molecule has 1 fully saturated rings. The summed E-state index contributed by atoms with van der Waals surface area (Å²) in [6, 6.07) is -0.350. The van der Waals surface area contributed by atoms with Crippen molar-refractivity contribution in [3.63, 3.8) is 0 Å². The number of carbonyl (C=O) groups excluding carboxylic acids is 2. The molecule has 0 aromatic carbocycles. The van der Waals surface area contributed by atoms with Crippen LogP contribution in [-0.4, -0.2) is 22.5 Å². The van der Waals surface area contributed by atoms with E-state index in [1.54, 1.807) is 12.3 Å². The number of hydrogen-bond acceptors (Lipinski definition) is 4. The quantitative estimate of drug-likeness (QED) is 0.890. The van der Waals surface area contributed by atoms with Crippen molar-refractivity contribution < 1.29 is 9.59 Å². The van der Waals surface area contributed by atoms with Crippen LogP contribution in [0.5, 0.6) is 0 Å². The Morgan fingerprint density at radius 2 is 2.10 bits per heavy atom. The Bertz CT molecular complexity index is 578. The Labute approximate surface area is 127 Å². The van der Waals surface area contributed by atoms with Crippen LogP contribution in [0.1, 0.15) is 38.3 Å². The maximum Gasteiger partial charge on any atom is 0.321 e. The molecule has 2 rings (SSSR count). The molecule has 6 nitrogen and oxygen atoms in total. The average molecular weight is 311 g/mol. The summed E-state index contributed by atoms with van der Waals surface area (Å²) in [6.07, 6.45) is 4.35. The molecule has 0 aliphatic heterocycles. The highest BCUT2D eigenvalue weighted by Gasteiger charge is 2.23. The van der Waals surface area contributed by atoms with Crippen molar-refractivity contribution in [3.8, 4) is 0 Å². The lowest BCUT2D eigenvalue weighted by atomic mass is 9.86. The highest BCUT2D eigenvalue weighted by Crippen LogP contribution is 2.23. The van der Waals surface area contributed by atoms with E-state index >= 15 is 0 Å². The molecule has 2 N–H and O–H groups in total. The summed E-state index contributed by atoms with van der Waals surface area (Å²) in [5.74, 6) is -0.0408. The Balaban J connectivity index is 1.85. The summed E-state index contributed by atoms with van der Waals surface area (Å²) >= 11 is 1.05. The van der Waals surface area contributed by atoms with Crippen LogP contribution in [0.25, 0.3) is 0 Å². The van der Waals surface area contributed by atoms with Gasteiger partial charge in [0.1, 0.15) is 6.54 Å². The minimum absolute atomic E-state index is 0.122. The molecule has 7 heteroatoms. The normalized spacial score (nSPS) is 21.8. The van der Waals surface area contributed by atoms with E-state index in [1.165, 1.54) is 11.0 Å². The number of carbonyl (C=O) groups is 2. The van der Waals surface area contributed by atoms with Gasteiger partial charge < -0.3 is 5.32 Å². The van der Waals surface area contributed by atoms with Crippen LogP contribution in [0.4, 0.5) is 4.79 Å². The zero-order chi connectivity index (χ0) is 15.4. The first-order chi connectivity index (χ1) is 9.97. The van der Waals surface area contributed by atoms with Gasteiger partial charge in [-0.05, 0) is 25.7 Å². The Morgan fingerprint density at radius 1 is 1.38 bits per heavy atom. The number of aryl methyl sites for hydroxylation is 1. The minimum atomic E-state index is -0.473. The number of imide groups is 1. The lowest BCUT2D eigenvalue weighted by Gasteiger charge is -2.29. The number of thiazole rings is 1. The van der Waals surface area contributed by atoms with Gasteiger partial charge in [-0.3, -0.25) is 19.5 Å². The van der Waals surface area contributed by atoms with Crippen molar-refractivity contribution in [1.29, 1.82) is 0 Å². The van der Waals surface area contributed by atoms with E-state index in [4.69, 9.17) is 0 Å². The van der Waals surface area contributed by atoms with E-state index in [0.717, 1.165) is 36.3 Å². The average Bonchev–Trinajstić information content (AvgIpc) is 2.73. The fourth-order valence-corrected chi connectivity index (χ4v) is 3.38. The number of urea groups is 1. The number of hydrogen-bond donors (Lipinski definition) is 2. The van der Waals surface area contributed by atoms with Gasteiger partial charge in [0.2, 0.25) is 5.91 Å². The third-order valence-electron chi connectivity index (χ3n) is 3.96. The monoisotopic (exact) mass is 311 g/mol. The molecule has 1 aliphatic rings. The smallest absolute Gasteiger partial charge is 0.321 e. The molecule has 1 saturated carbocycles. The predicted octanol–water partition coefficient (Wildman–Crippen LogP) is 1.62. The van der Waals surface area contributed by atoms with Crippen LogP contribution >= 0.6 is 11.3 Å². The number of nitrogens with zero attached hydrogens (tertiary/aromatic N) is 1. The standard InChI is InChI=1S/C14H21N3O3S/c1-9-5-3-4-6-11(9)15-13(19)16-12(18)7-17-10(2)8-21-14(17)20/h8-9,11H,3-7H2,1-2H3,(H2,15,16,18,19)/t9-,11-/m0/s1. The molecule has 0 radical (unpaired) electrons. The van der Waals surface area contributed by atoms with Crippen molar-refractivity contribution in [2.75, 3.05) is 0 Å². The summed E-state index contributed by atoms with van der Waals surface area (Å²) in [4.78, 5) is 35.0. The van der Waals surface area contributed by atoms with Gasteiger partial charge in [-0.25, -0.2) is 4.79 Å². The van der Waals surface area contributed by atoms with Crippen molar-refractivity contribution in [2.24, 2.45) is 5.92 Å². The zero-order valence-electron chi connectivity index (χ0n) is 12.3. The second-order valence-corrected chi connectivity index (χ2v) is 6.44. The second kappa shape index (κ2) is 6.89. The van der Waals surface area contributed by atoms with Crippen LogP contribution in [0.3, 0.4) is 0 Å². The van der Waals surface area contributed by atoms with Gasteiger partial charge in [-0.1, -0.05) is 31.1 Å². The number of rotatable bonds is 3. The van der Waals surface area contributed by atoms with E-state index in [-0.39, 0.29) is 17.5 Å². The maximum absolute atomic E-state index is 11.8. The SMILES string of the molecule is Cc1csc(=O)n1CC(=O)NC(=O)N[C@H]1CCCC[C@@H]1C. The van der Waals surface area contributed by atoms with Crippen molar-refractivity contribution >= 4 is 23.3 Å². The van der Waals surface area contributed by atoms with Crippen molar-refractivity contribution in [3.05, 3.63) is 20.7 Å². The van der Waals surface area contributed by atoms with E-state index < -0.39 is 11.9 Å². The topological polar surface area (TPSA) is 80.2 Å². The van der Waals surface area contributed by atoms with Crippen molar-refractivity contribution in [2.45, 2.75) is 52.1 Å². The van der Waals surface area contributed by atoms with Gasteiger partial charge >= 0.3 is 10.9 Å². The fourth-order valence-electron chi connectivity index (χ4n) is 2.64. The van der Waals surface area contributed by atoms with Gasteiger partial charge in [-0.2, -0.15) is 0 Å². The fraction of sp³-hybridized carbons (Fsp3) is 0.643. The molecule has 1 aromatic rings. The van der Waals surface area contributed by atoms with Gasteiger partial charge in [0.15, 0.2) is 0 Å². The maximum atomic E-state index is 11.8. The molecule has 0 unspecified atom stereocenters. The van der Waals surface area contributed by atoms with Crippen LogP contribution in [0, 0.1) is 12.8 Å². The first-order valence-electron chi connectivity index (χ1n) is 7.22. The molecule has 3 amide bonds. The molecule has 21 heavy (non-hydrogen) atoms. The molecule has 0 spiro atoms. The first kappa shape index (κ1) is 15.8. The van der Waals surface area contributed by atoms with E-state index in [9.17, 15) is 14.4 Å². The summed E-state index contributed by atoms with van der Waals surface area (Å²) in [6.45, 7) is 3.75. The molecular formula is C14H21N3O3S. The largest absolute Gasteiger partial charge is 0.335 e. The molecule has 0 bridgehead atoms. The van der Waals surface area contributed by atoms with E-state index in [1.807, 2.05) is 0 Å². The lowest BCUT2D eigenvalue weighted by Crippen LogP contribution is -2.48. The van der Waals surface area contributed by atoms with Crippen LogP contribution in [0.15, 0.2) is 10.2 Å². The van der Waals surface area contributed by atoms with Crippen LogP contribution in [0.2, 0.25) is 0 Å². The molecule has 0 saturated heterocycles. The molecule has 1 aromatic heterocycles. The molecular weight excluding hydrogens is 290 g/mol. The molecule has 2 atom stereocenters. The third kappa shape index (κ3) is 4.17. The zero-order valence-corrected chi connectivity index (χ0v) is 13.2. The Morgan fingerprint density at radius 3 is 2.71 bits per heavy atom. The van der Waals surface area contributed by atoms with Gasteiger partial charge in [-0.15, -0.1) is 0 Å². The third-order valence-corrected chi connectivity index (χ3v) is 4.84. The second-order valence-electron chi connectivity index (χ2n) is 5.62. The van der Waals surface area contributed by atoms with Gasteiger partial charge in [0, 0.05) is 17.1 Å². The number of nitrogens with one attached hydrogen (secondary N) is 2. The first-order valence-corrected chi connectivity index (χ1v) is 8.10. The van der Waals surface area contributed by atoms with Crippen molar-refractivity contribution in [1.82, 2.24) is 15.2 Å². The Hall–Kier alpha value is -1.63. The Kier molecular flexibility index (Phi) is 5.17. The molecule has 1 heterocycles. The highest BCUT2D eigenvalue weighted by molar-refractivity contribution is 7.07. The number of amides is 3. The van der Waals surface area contributed by atoms with Crippen LogP contribution < -0.4 is 15.5 Å². The number of aromatic nitrogens is 1. The van der Waals surface area contributed by atoms with Gasteiger partial charge in [0.25, 0.3) is 0 Å². The minimum Gasteiger partial charge on any atom is -0.335 e. The summed E-state index contributed by atoms with van der Waals surface area (Å²) < 4.78 is 1.36. The lowest BCUT2D eigenvalue weighted by molar-refractivity contribution is -0.120. The van der Waals surface area contributed by atoms with E-state index in [0.29, 0.717) is 5.92 Å². The molecule has 116 valence electrons. The highest BCUT2D eigenvalue weighted by atomic mass is 32.1.